The van der Waals surface area contributed by atoms with Crippen LogP contribution in [0.1, 0.15) is 36.0 Å². The molecule has 1 amide bonds. The summed E-state index contributed by atoms with van der Waals surface area (Å²) in [6.45, 7) is 0. The van der Waals surface area contributed by atoms with Gasteiger partial charge in [0.2, 0.25) is 0 Å². The van der Waals surface area contributed by atoms with E-state index in [1.54, 1.807) is 0 Å². The Bertz CT molecular complexity index is 513. The summed E-state index contributed by atoms with van der Waals surface area (Å²) in [6.07, 6.45) is -3.16. The summed E-state index contributed by atoms with van der Waals surface area (Å²) in [5, 5.41) is 2.96. The monoisotopic (exact) mass is 320 g/mol. The van der Waals surface area contributed by atoms with E-state index in [4.69, 9.17) is 17.3 Å². The number of alkyl halides is 3. The minimum absolute atomic E-state index is 0.0781. The SMILES string of the molecule is Nc1cc(Cl)cc(C(=O)NC2CCCC(C(F)(F)F)C2)c1. The second-order valence-corrected chi connectivity index (χ2v) is 5.79. The molecule has 1 aliphatic carbocycles. The maximum absolute atomic E-state index is 12.7. The Morgan fingerprint density at radius 2 is 2.00 bits per heavy atom. The van der Waals surface area contributed by atoms with Crippen molar-refractivity contribution < 1.29 is 18.0 Å². The quantitative estimate of drug-likeness (QED) is 0.815. The van der Waals surface area contributed by atoms with Crippen LogP contribution in [0, 0.1) is 5.92 Å². The fourth-order valence-electron chi connectivity index (χ4n) is 2.63. The van der Waals surface area contributed by atoms with E-state index in [0.717, 1.165) is 0 Å². The topological polar surface area (TPSA) is 55.1 Å². The van der Waals surface area contributed by atoms with Crippen molar-refractivity contribution in [2.24, 2.45) is 5.92 Å². The molecule has 0 bridgehead atoms. The largest absolute Gasteiger partial charge is 0.399 e. The third-order valence-electron chi connectivity index (χ3n) is 3.65. The van der Waals surface area contributed by atoms with Gasteiger partial charge in [-0.05, 0) is 37.5 Å². The number of amides is 1. The van der Waals surface area contributed by atoms with E-state index >= 15 is 0 Å². The van der Waals surface area contributed by atoms with Crippen molar-refractivity contribution in [2.75, 3.05) is 5.73 Å². The van der Waals surface area contributed by atoms with Crippen LogP contribution >= 0.6 is 11.6 Å². The molecule has 2 unspecified atom stereocenters. The van der Waals surface area contributed by atoms with Gasteiger partial charge in [-0.2, -0.15) is 13.2 Å². The highest BCUT2D eigenvalue weighted by molar-refractivity contribution is 6.31. The maximum atomic E-state index is 12.7. The van der Waals surface area contributed by atoms with Crippen molar-refractivity contribution in [3.05, 3.63) is 28.8 Å². The number of nitrogens with two attached hydrogens (primary N) is 1. The Balaban J connectivity index is 2.02. The lowest BCUT2D eigenvalue weighted by molar-refractivity contribution is -0.183. The third-order valence-corrected chi connectivity index (χ3v) is 3.87. The molecule has 1 aromatic carbocycles. The maximum Gasteiger partial charge on any atom is 0.391 e. The number of nitrogen functional groups attached to an aromatic ring is 1. The number of rotatable bonds is 2. The first kappa shape index (κ1) is 15.9. The van der Waals surface area contributed by atoms with Crippen molar-refractivity contribution in [1.82, 2.24) is 5.32 Å². The molecular weight excluding hydrogens is 305 g/mol. The van der Waals surface area contributed by atoms with E-state index in [9.17, 15) is 18.0 Å². The van der Waals surface area contributed by atoms with Crippen molar-refractivity contribution in [3.63, 3.8) is 0 Å². The first-order valence-corrected chi connectivity index (χ1v) is 7.07. The number of carbonyl (C=O) groups excluding carboxylic acids is 1. The van der Waals surface area contributed by atoms with E-state index in [0.29, 0.717) is 23.6 Å². The zero-order chi connectivity index (χ0) is 15.6. The predicted molar refractivity (Wildman–Crippen MR) is 75.1 cm³/mol. The third kappa shape index (κ3) is 4.27. The van der Waals surface area contributed by atoms with Gasteiger partial charge in [-0.15, -0.1) is 0 Å². The molecule has 7 heteroatoms. The Labute approximate surface area is 125 Å². The van der Waals surface area contributed by atoms with Crippen molar-refractivity contribution in [2.45, 2.75) is 37.9 Å². The van der Waals surface area contributed by atoms with Crippen molar-refractivity contribution in [3.8, 4) is 0 Å². The molecule has 116 valence electrons. The number of hydrogen-bond donors (Lipinski definition) is 2. The number of halogens is 4. The summed E-state index contributed by atoms with van der Waals surface area (Å²) in [7, 11) is 0. The van der Waals surface area contributed by atoms with Gasteiger partial charge in [0.1, 0.15) is 0 Å². The molecule has 1 aliphatic rings. The minimum atomic E-state index is -4.20. The number of benzene rings is 1. The van der Waals surface area contributed by atoms with Gasteiger partial charge in [0.15, 0.2) is 0 Å². The van der Waals surface area contributed by atoms with Gasteiger partial charge in [0.05, 0.1) is 5.92 Å². The van der Waals surface area contributed by atoms with Gasteiger partial charge >= 0.3 is 6.18 Å². The molecule has 0 spiro atoms. The molecule has 0 saturated heterocycles. The van der Waals surface area contributed by atoms with Crippen LogP contribution in [0.3, 0.4) is 0 Å². The van der Waals surface area contributed by atoms with Gasteiger partial charge in [-0.3, -0.25) is 4.79 Å². The molecule has 2 rings (SSSR count). The normalized spacial score (nSPS) is 22.9. The lowest BCUT2D eigenvalue weighted by Crippen LogP contribution is -2.41. The molecule has 21 heavy (non-hydrogen) atoms. The van der Waals surface area contributed by atoms with E-state index in [2.05, 4.69) is 5.32 Å². The molecule has 0 heterocycles. The highest BCUT2D eigenvalue weighted by atomic mass is 35.5. The van der Waals surface area contributed by atoms with Crippen molar-refractivity contribution >= 4 is 23.2 Å². The van der Waals surface area contributed by atoms with Gasteiger partial charge in [-0.25, -0.2) is 0 Å². The van der Waals surface area contributed by atoms with Crippen LogP contribution in [0.5, 0.6) is 0 Å². The van der Waals surface area contributed by atoms with E-state index in [1.807, 2.05) is 0 Å². The molecule has 0 radical (unpaired) electrons. The molecule has 1 aromatic rings. The Hall–Kier alpha value is -1.43. The number of anilines is 1. The van der Waals surface area contributed by atoms with Gasteiger partial charge < -0.3 is 11.1 Å². The van der Waals surface area contributed by atoms with E-state index < -0.39 is 24.0 Å². The minimum Gasteiger partial charge on any atom is -0.399 e. The standard InChI is InChI=1S/C14H16ClF3N2O/c15-10-4-8(5-11(19)7-10)13(21)20-12-3-1-2-9(6-12)14(16,17)18/h4-5,7,9,12H,1-3,6,19H2,(H,20,21). The first-order valence-electron chi connectivity index (χ1n) is 6.69. The number of hydrogen-bond acceptors (Lipinski definition) is 2. The van der Waals surface area contributed by atoms with E-state index in [1.165, 1.54) is 18.2 Å². The summed E-state index contributed by atoms with van der Waals surface area (Å²) < 4.78 is 38.2. The molecule has 3 nitrogen and oxygen atoms in total. The van der Waals surface area contributed by atoms with Crippen LogP contribution in [0.15, 0.2) is 18.2 Å². The van der Waals surface area contributed by atoms with Crippen LogP contribution in [0.25, 0.3) is 0 Å². The molecule has 1 saturated carbocycles. The lowest BCUT2D eigenvalue weighted by atomic mass is 9.85. The lowest BCUT2D eigenvalue weighted by Gasteiger charge is -2.31. The van der Waals surface area contributed by atoms with E-state index in [-0.39, 0.29) is 18.4 Å². The first-order chi connectivity index (χ1) is 9.75. The smallest absolute Gasteiger partial charge is 0.391 e. The fourth-order valence-corrected chi connectivity index (χ4v) is 2.87. The number of nitrogens with one attached hydrogen (secondary N) is 1. The van der Waals surface area contributed by atoms with Crippen LogP contribution in [-0.4, -0.2) is 18.1 Å². The fraction of sp³-hybridized carbons (Fsp3) is 0.500. The molecule has 3 N–H and O–H groups in total. The highest BCUT2D eigenvalue weighted by Crippen LogP contribution is 2.37. The van der Waals surface area contributed by atoms with Gasteiger partial charge in [0, 0.05) is 22.3 Å². The zero-order valence-electron chi connectivity index (χ0n) is 11.2. The second kappa shape index (κ2) is 6.13. The molecule has 2 atom stereocenters. The average Bonchev–Trinajstić information content (AvgIpc) is 2.37. The highest BCUT2D eigenvalue weighted by Gasteiger charge is 2.42. The average molecular weight is 321 g/mol. The number of carbonyl (C=O) groups is 1. The molecule has 0 aliphatic heterocycles. The van der Waals surface area contributed by atoms with Crippen LogP contribution in [0.2, 0.25) is 5.02 Å². The summed E-state index contributed by atoms with van der Waals surface area (Å²) in [6, 6.07) is 3.92. The molecule has 1 fully saturated rings. The second-order valence-electron chi connectivity index (χ2n) is 5.35. The Kier molecular flexibility index (Phi) is 4.66. The summed E-state index contributed by atoms with van der Waals surface area (Å²) in [5.41, 5.74) is 6.19. The summed E-state index contributed by atoms with van der Waals surface area (Å²) in [5.74, 6) is -1.79. The van der Waals surface area contributed by atoms with Gasteiger partial charge in [0.25, 0.3) is 5.91 Å². The van der Waals surface area contributed by atoms with Crippen LogP contribution in [0.4, 0.5) is 18.9 Å². The predicted octanol–water partition coefficient (Wildman–Crippen LogP) is 3.77. The summed E-state index contributed by atoms with van der Waals surface area (Å²) in [4.78, 5) is 12.1. The summed E-state index contributed by atoms with van der Waals surface area (Å²) >= 11 is 5.81. The van der Waals surface area contributed by atoms with Crippen LogP contribution < -0.4 is 11.1 Å². The Morgan fingerprint density at radius 3 is 2.62 bits per heavy atom. The molecule has 0 aromatic heterocycles. The van der Waals surface area contributed by atoms with Gasteiger partial charge in [-0.1, -0.05) is 18.0 Å². The molecular formula is C14H16ClF3N2O. The van der Waals surface area contributed by atoms with Crippen LogP contribution in [-0.2, 0) is 0 Å². The zero-order valence-corrected chi connectivity index (χ0v) is 12.0. The van der Waals surface area contributed by atoms with Crippen molar-refractivity contribution in [1.29, 1.82) is 0 Å². The Morgan fingerprint density at radius 1 is 1.29 bits per heavy atom.